The molecule has 0 saturated heterocycles. The smallest absolute Gasteiger partial charge is 0.275 e. The van der Waals surface area contributed by atoms with Gasteiger partial charge in [0, 0.05) is 12.1 Å². The molecule has 0 heterocycles. The molecule has 2 aromatic carbocycles. The molecule has 0 aliphatic heterocycles. The summed E-state index contributed by atoms with van der Waals surface area (Å²) >= 11 is 0. The van der Waals surface area contributed by atoms with Gasteiger partial charge in [-0.15, -0.1) is 0 Å². The molecule has 0 bridgehead atoms. The SMILES string of the molecule is COc1cc(NC(=O)COc2ccccc2C)cc([N+](=O)[O-])c1. The fourth-order valence-electron chi connectivity index (χ4n) is 1.94. The van der Waals surface area contributed by atoms with Crippen molar-refractivity contribution in [2.24, 2.45) is 0 Å². The van der Waals surface area contributed by atoms with Crippen LogP contribution < -0.4 is 14.8 Å². The predicted octanol–water partition coefficient (Wildman–Crippen LogP) is 2.93. The topological polar surface area (TPSA) is 90.7 Å². The zero-order valence-corrected chi connectivity index (χ0v) is 12.7. The number of carbonyl (C=O) groups excluding carboxylic acids is 1. The summed E-state index contributed by atoms with van der Waals surface area (Å²) in [4.78, 5) is 22.2. The number of rotatable bonds is 6. The molecule has 0 spiro atoms. The molecule has 1 amide bonds. The Hall–Kier alpha value is -3.09. The van der Waals surface area contributed by atoms with E-state index in [1.54, 1.807) is 6.07 Å². The van der Waals surface area contributed by atoms with Gasteiger partial charge in [-0.3, -0.25) is 14.9 Å². The summed E-state index contributed by atoms with van der Waals surface area (Å²) in [6, 6.07) is 11.4. The Labute approximate surface area is 133 Å². The van der Waals surface area contributed by atoms with Crippen molar-refractivity contribution in [2.75, 3.05) is 19.0 Å². The number of nitrogens with zero attached hydrogens (tertiary/aromatic N) is 1. The van der Waals surface area contributed by atoms with Crippen LogP contribution >= 0.6 is 0 Å². The quantitative estimate of drug-likeness (QED) is 0.653. The Morgan fingerprint density at radius 1 is 1.26 bits per heavy atom. The molecule has 0 radical (unpaired) electrons. The normalized spacial score (nSPS) is 10.0. The lowest BCUT2D eigenvalue weighted by Gasteiger charge is -2.10. The average Bonchev–Trinajstić information content (AvgIpc) is 2.53. The number of hydrogen-bond acceptors (Lipinski definition) is 5. The highest BCUT2D eigenvalue weighted by molar-refractivity contribution is 5.92. The van der Waals surface area contributed by atoms with E-state index < -0.39 is 10.8 Å². The second-order valence-electron chi connectivity index (χ2n) is 4.78. The third-order valence-corrected chi connectivity index (χ3v) is 3.07. The van der Waals surface area contributed by atoms with Crippen molar-refractivity contribution >= 4 is 17.3 Å². The summed E-state index contributed by atoms with van der Waals surface area (Å²) < 4.78 is 10.4. The van der Waals surface area contributed by atoms with Crippen LogP contribution in [0.15, 0.2) is 42.5 Å². The maximum absolute atomic E-state index is 11.9. The van der Waals surface area contributed by atoms with Crippen LogP contribution in [0.25, 0.3) is 0 Å². The Morgan fingerprint density at radius 3 is 2.65 bits per heavy atom. The highest BCUT2D eigenvalue weighted by Gasteiger charge is 2.12. The van der Waals surface area contributed by atoms with Gasteiger partial charge in [-0.2, -0.15) is 0 Å². The molecule has 0 unspecified atom stereocenters. The maximum atomic E-state index is 11.9. The molecule has 0 fully saturated rings. The van der Waals surface area contributed by atoms with Gasteiger partial charge in [-0.25, -0.2) is 0 Å². The van der Waals surface area contributed by atoms with E-state index in [2.05, 4.69) is 5.32 Å². The summed E-state index contributed by atoms with van der Waals surface area (Å²) in [5.41, 5.74) is 1.02. The molecule has 120 valence electrons. The van der Waals surface area contributed by atoms with E-state index in [0.717, 1.165) is 5.56 Å². The van der Waals surface area contributed by atoms with Gasteiger partial charge in [0.25, 0.3) is 11.6 Å². The monoisotopic (exact) mass is 316 g/mol. The Morgan fingerprint density at radius 2 is 2.00 bits per heavy atom. The first kappa shape index (κ1) is 16.3. The molecule has 0 aliphatic carbocycles. The fraction of sp³-hybridized carbons (Fsp3) is 0.188. The molecular weight excluding hydrogens is 300 g/mol. The van der Waals surface area contributed by atoms with Gasteiger partial charge >= 0.3 is 0 Å². The standard InChI is InChI=1S/C16H16N2O5/c1-11-5-3-4-6-15(11)23-10-16(19)17-12-7-13(18(20)21)9-14(8-12)22-2/h3-9H,10H2,1-2H3,(H,17,19). The van der Waals surface area contributed by atoms with E-state index in [1.807, 2.05) is 25.1 Å². The maximum Gasteiger partial charge on any atom is 0.275 e. The lowest BCUT2D eigenvalue weighted by atomic mass is 10.2. The summed E-state index contributed by atoms with van der Waals surface area (Å²) in [7, 11) is 1.39. The molecule has 0 atom stereocenters. The first-order chi connectivity index (χ1) is 11.0. The van der Waals surface area contributed by atoms with Crippen LogP contribution in [-0.4, -0.2) is 24.5 Å². The molecule has 7 heteroatoms. The van der Waals surface area contributed by atoms with Crippen LogP contribution in [0.2, 0.25) is 0 Å². The summed E-state index contributed by atoms with van der Waals surface area (Å²) in [6.45, 7) is 1.68. The van der Waals surface area contributed by atoms with Crippen molar-refractivity contribution in [3.63, 3.8) is 0 Å². The van der Waals surface area contributed by atoms with Gasteiger partial charge < -0.3 is 14.8 Å². The molecule has 1 N–H and O–H groups in total. The molecule has 0 aliphatic rings. The number of amides is 1. The van der Waals surface area contributed by atoms with Gasteiger partial charge in [0.2, 0.25) is 0 Å². The number of carbonyl (C=O) groups is 1. The number of nitro groups is 1. The first-order valence-corrected chi connectivity index (χ1v) is 6.81. The van der Waals surface area contributed by atoms with E-state index in [1.165, 1.54) is 25.3 Å². The van der Waals surface area contributed by atoms with E-state index in [9.17, 15) is 14.9 Å². The van der Waals surface area contributed by atoms with Gasteiger partial charge in [0.1, 0.15) is 11.5 Å². The van der Waals surface area contributed by atoms with Crippen molar-refractivity contribution in [2.45, 2.75) is 6.92 Å². The minimum Gasteiger partial charge on any atom is -0.496 e. The number of methoxy groups -OCH3 is 1. The Bertz CT molecular complexity index is 730. The zero-order valence-electron chi connectivity index (χ0n) is 12.7. The lowest BCUT2D eigenvalue weighted by molar-refractivity contribution is -0.384. The van der Waals surface area contributed by atoms with E-state index in [-0.39, 0.29) is 23.7 Å². The van der Waals surface area contributed by atoms with Crippen LogP contribution in [0.5, 0.6) is 11.5 Å². The second-order valence-corrected chi connectivity index (χ2v) is 4.78. The number of benzene rings is 2. The van der Waals surface area contributed by atoms with Crippen LogP contribution in [0, 0.1) is 17.0 Å². The van der Waals surface area contributed by atoms with E-state index in [4.69, 9.17) is 9.47 Å². The zero-order chi connectivity index (χ0) is 16.8. The van der Waals surface area contributed by atoms with Gasteiger partial charge in [-0.1, -0.05) is 18.2 Å². The number of hydrogen-bond donors (Lipinski definition) is 1. The number of non-ortho nitro benzene ring substituents is 1. The third kappa shape index (κ3) is 4.44. The number of nitrogens with one attached hydrogen (secondary N) is 1. The number of anilines is 1. The summed E-state index contributed by atoms with van der Waals surface area (Å²) in [5, 5.41) is 13.4. The Balaban J connectivity index is 2.04. The van der Waals surface area contributed by atoms with Crippen molar-refractivity contribution in [1.29, 1.82) is 0 Å². The highest BCUT2D eigenvalue weighted by Crippen LogP contribution is 2.25. The molecule has 2 rings (SSSR count). The molecular formula is C16H16N2O5. The van der Waals surface area contributed by atoms with E-state index in [0.29, 0.717) is 5.75 Å². The lowest BCUT2D eigenvalue weighted by Crippen LogP contribution is -2.20. The average molecular weight is 316 g/mol. The number of para-hydroxylation sites is 1. The van der Waals surface area contributed by atoms with Crippen molar-refractivity contribution in [3.8, 4) is 11.5 Å². The number of nitro benzene ring substituents is 1. The predicted molar refractivity (Wildman–Crippen MR) is 85.0 cm³/mol. The first-order valence-electron chi connectivity index (χ1n) is 6.81. The van der Waals surface area contributed by atoms with Gasteiger partial charge in [0.05, 0.1) is 23.8 Å². The Kier molecular flexibility index (Phi) is 5.14. The fourth-order valence-corrected chi connectivity index (χ4v) is 1.94. The van der Waals surface area contributed by atoms with Crippen molar-refractivity contribution in [1.82, 2.24) is 0 Å². The highest BCUT2D eigenvalue weighted by atomic mass is 16.6. The van der Waals surface area contributed by atoms with Gasteiger partial charge in [-0.05, 0) is 18.6 Å². The molecule has 23 heavy (non-hydrogen) atoms. The van der Waals surface area contributed by atoms with Gasteiger partial charge in [0.15, 0.2) is 6.61 Å². The molecule has 0 aromatic heterocycles. The third-order valence-electron chi connectivity index (χ3n) is 3.07. The van der Waals surface area contributed by atoms with Crippen LogP contribution in [0.3, 0.4) is 0 Å². The van der Waals surface area contributed by atoms with Crippen molar-refractivity contribution in [3.05, 3.63) is 58.1 Å². The molecule has 0 saturated carbocycles. The van der Waals surface area contributed by atoms with Crippen LogP contribution in [0.1, 0.15) is 5.56 Å². The summed E-state index contributed by atoms with van der Waals surface area (Å²) in [5.74, 6) is 0.476. The van der Waals surface area contributed by atoms with Crippen LogP contribution in [0.4, 0.5) is 11.4 Å². The molecule has 7 nitrogen and oxygen atoms in total. The largest absolute Gasteiger partial charge is 0.496 e. The summed E-state index contributed by atoms with van der Waals surface area (Å²) in [6.07, 6.45) is 0. The van der Waals surface area contributed by atoms with E-state index >= 15 is 0 Å². The number of aryl methyl sites for hydroxylation is 1. The minimum absolute atomic E-state index is 0.167. The second kappa shape index (κ2) is 7.26. The van der Waals surface area contributed by atoms with Crippen molar-refractivity contribution < 1.29 is 19.2 Å². The van der Waals surface area contributed by atoms with Crippen LogP contribution in [-0.2, 0) is 4.79 Å². The number of ether oxygens (including phenoxy) is 2. The molecule has 2 aromatic rings. The minimum atomic E-state index is -0.554.